The molecule has 0 amide bonds. The standard InChI is InChI=1S/C11H14FNO2/c12-10-3-4-11(9(5-10)7-15-13)14-6-8-1-2-8/h3-5,8H,1-2,6-7,13H2. The third-order valence-corrected chi connectivity index (χ3v) is 2.43. The molecule has 0 spiro atoms. The van der Waals surface area contributed by atoms with Crippen molar-refractivity contribution >= 4 is 0 Å². The molecule has 0 aliphatic heterocycles. The van der Waals surface area contributed by atoms with Crippen molar-refractivity contribution in [3.05, 3.63) is 29.6 Å². The van der Waals surface area contributed by atoms with Crippen LogP contribution >= 0.6 is 0 Å². The van der Waals surface area contributed by atoms with Gasteiger partial charge in [-0.05, 0) is 37.0 Å². The Morgan fingerprint density at radius 3 is 2.87 bits per heavy atom. The summed E-state index contributed by atoms with van der Waals surface area (Å²) < 4.78 is 18.5. The molecular formula is C11H14FNO2. The van der Waals surface area contributed by atoms with Crippen LogP contribution in [0.1, 0.15) is 18.4 Å². The first-order chi connectivity index (χ1) is 7.29. The Bertz CT molecular complexity index is 339. The fourth-order valence-corrected chi connectivity index (χ4v) is 1.38. The molecular weight excluding hydrogens is 197 g/mol. The predicted octanol–water partition coefficient (Wildman–Crippen LogP) is 2.00. The molecule has 1 aromatic rings. The smallest absolute Gasteiger partial charge is 0.125 e. The fourth-order valence-electron chi connectivity index (χ4n) is 1.38. The van der Waals surface area contributed by atoms with E-state index in [1.54, 1.807) is 6.07 Å². The van der Waals surface area contributed by atoms with E-state index in [-0.39, 0.29) is 12.4 Å². The Hall–Kier alpha value is -1.13. The van der Waals surface area contributed by atoms with Crippen molar-refractivity contribution in [3.8, 4) is 5.75 Å². The molecule has 1 aliphatic carbocycles. The molecule has 15 heavy (non-hydrogen) atoms. The quantitative estimate of drug-likeness (QED) is 0.757. The SMILES string of the molecule is NOCc1cc(F)ccc1OCC1CC1. The Kier molecular flexibility index (Phi) is 3.18. The van der Waals surface area contributed by atoms with Gasteiger partial charge >= 0.3 is 0 Å². The van der Waals surface area contributed by atoms with Crippen molar-refractivity contribution in [1.29, 1.82) is 0 Å². The second-order valence-corrected chi connectivity index (χ2v) is 3.82. The molecule has 3 nitrogen and oxygen atoms in total. The molecule has 2 rings (SSSR count). The van der Waals surface area contributed by atoms with Gasteiger partial charge in [0.05, 0.1) is 13.2 Å². The van der Waals surface area contributed by atoms with Gasteiger partial charge in [-0.15, -0.1) is 0 Å². The highest BCUT2D eigenvalue weighted by atomic mass is 19.1. The van der Waals surface area contributed by atoms with Gasteiger partial charge in [0.2, 0.25) is 0 Å². The molecule has 4 heteroatoms. The Balaban J connectivity index is 2.04. The average Bonchev–Trinajstić information content (AvgIpc) is 3.01. The lowest BCUT2D eigenvalue weighted by Gasteiger charge is -2.10. The summed E-state index contributed by atoms with van der Waals surface area (Å²) in [5.74, 6) is 5.99. The second-order valence-electron chi connectivity index (χ2n) is 3.82. The molecule has 1 saturated carbocycles. The minimum absolute atomic E-state index is 0.164. The minimum Gasteiger partial charge on any atom is -0.493 e. The van der Waals surface area contributed by atoms with Crippen molar-refractivity contribution in [2.75, 3.05) is 6.61 Å². The highest BCUT2D eigenvalue weighted by Gasteiger charge is 2.22. The van der Waals surface area contributed by atoms with Crippen molar-refractivity contribution in [2.45, 2.75) is 19.4 Å². The van der Waals surface area contributed by atoms with Gasteiger partial charge in [0.25, 0.3) is 0 Å². The van der Waals surface area contributed by atoms with Gasteiger partial charge < -0.3 is 4.74 Å². The zero-order valence-corrected chi connectivity index (χ0v) is 8.41. The van der Waals surface area contributed by atoms with Gasteiger partial charge in [-0.1, -0.05) is 0 Å². The summed E-state index contributed by atoms with van der Waals surface area (Å²) in [5, 5.41) is 0. The second kappa shape index (κ2) is 4.59. The van der Waals surface area contributed by atoms with E-state index in [1.165, 1.54) is 25.0 Å². The lowest BCUT2D eigenvalue weighted by atomic mass is 10.2. The summed E-state index contributed by atoms with van der Waals surface area (Å²) in [6, 6.07) is 4.38. The van der Waals surface area contributed by atoms with Crippen LogP contribution in [0.5, 0.6) is 5.75 Å². The van der Waals surface area contributed by atoms with Crippen LogP contribution < -0.4 is 10.6 Å². The van der Waals surface area contributed by atoms with Crippen molar-refractivity contribution < 1.29 is 14.0 Å². The normalized spacial score (nSPS) is 15.3. The first-order valence-electron chi connectivity index (χ1n) is 5.02. The van der Waals surface area contributed by atoms with E-state index in [1.807, 2.05) is 0 Å². The number of halogens is 1. The van der Waals surface area contributed by atoms with E-state index in [2.05, 4.69) is 4.84 Å². The first-order valence-corrected chi connectivity index (χ1v) is 5.02. The van der Waals surface area contributed by atoms with Crippen LogP contribution in [0.4, 0.5) is 4.39 Å². The molecule has 0 unspecified atom stereocenters. The van der Waals surface area contributed by atoms with Gasteiger partial charge in [0.15, 0.2) is 0 Å². The maximum atomic E-state index is 12.9. The summed E-state index contributed by atoms with van der Waals surface area (Å²) in [6.07, 6.45) is 2.45. The van der Waals surface area contributed by atoms with E-state index in [0.29, 0.717) is 23.8 Å². The fraction of sp³-hybridized carbons (Fsp3) is 0.455. The first kappa shape index (κ1) is 10.4. The highest BCUT2D eigenvalue weighted by Crippen LogP contribution is 2.30. The molecule has 1 aromatic carbocycles. The number of hydrogen-bond donors (Lipinski definition) is 1. The van der Waals surface area contributed by atoms with Gasteiger partial charge in [0, 0.05) is 5.56 Å². The third kappa shape index (κ3) is 2.91. The van der Waals surface area contributed by atoms with E-state index in [9.17, 15) is 4.39 Å². The van der Waals surface area contributed by atoms with Gasteiger partial charge in [-0.25, -0.2) is 10.3 Å². The number of rotatable bonds is 5. The van der Waals surface area contributed by atoms with Crippen molar-refractivity contribution in [3.63, 3.8) is 0 Å². The zero-order valence-electron chi connectivity index (χ0n) is 8.41. The van der Waals surface area contributed by atoms with E-state index < -0.39 is 0 Å². The van der Waals surface area contributed by atoms with E-state index in [0.717, 1.165) is 0 Å². The maximum Gasteiger partial charge on any atom is 0.125 e. The lowest BCUT2D eigenvalue weighted by molar-refractivity contribution is 0.120. The molecule has 0 saturated heterocycles. The molecule has 0 radical (unpaired) electrons. The summed E-state index contributed by atoms with van der Waals surface area (Å²) in [5.41, 5.74) is 0.651. The summed E-state index contributed by atoms with van der Waals surface area (Å²) >= 11 is 0. The summed E-state index contributed by atoms with van der Waals surface area (Å²) in [7, 11) is 0. The maximum absolute atomic E-state index is 12.9. The van der Waals surface area contributed by atoms with Gasteiger partial charge in [-0.3, -0.25) is 4.84 Å². The molecule has 1 aliphatic rings. The van der Waals surface area contributed by atoms with Crippen LogP contribution in [0.25, 0.3) is 0 Å². The monoisotopic (exact) mass is 211 g/mol. The molecule has 0 bridgehead atoms. The van der Waals surface area contributed by atoms with Crippen LogP contribution in [0.2, 0.25) is 0 Å². The summed E-state index contributed by atoms with van der Waals surface area (Å²) in [6.45, 7) is 0.862. The minimum atomic E-state index is -0.305. The number of nitrogens with two attached hydrogens (primary N) is 1. The van der Waals surface area contributed by atoms with E-state index >= 15 is 0 Å². The average molecular weight is 211 g/mol. The number of hydrogen-bond acceptors (Lipinski definition) is 3. The highest BCUT2D eigenvalue weighted by molar-refractivity contribution is 5.33. The Morgan fingerprint density at radius 2 is 2.20 bits per heavy atom. The number of benzene rings is 1. The molecule has 0 aromatic heterocycles. The van der Waals surface area contributed by atoms with E-state index in [4.69, 9.17) is 10.6 Å². The molecule has 0 heterocycles. The molecule has 82 valence electrons. The van der Waals surface area contributed by atoms with Crippen LogP contribution in [0.3, 0.4) is 0 Å². The predicted molar refractivity (Wildman–Crippen MR) is 53.6 cm³/mol. The van der Waals surface area contributed by atoms with Gasteiger partial charge in [-0.2, -0.15) is 0 Å². The molecule has 2 N–H and O–H groups in total. The van der Waals surface area contributed by atoms with Crippen molar-refractivity contribution in [2.24, 2.45) is 11.8 Å². The van der Waals surface area contributed by atoms with Crippen molar-refractivity contribution in [1.82, 2.24) is 0 Å². The zero-order chi connectivity index (χ0) is 10.7. The molecule has 0 atom stereocenters. The molecule has 1 fully saturated rings. The Labute approximate surface area is 87.9 Å². The van der Waals surface area contributed by atoms with Crippen LogP contribution in [-0.2, 0) is 11.4 Å². The topological polar surface area (TPSA) is 44.5 Å². The van der Waals surface area contributed by atoms with Crippen LogP contribution in [0.15, 0.2) is 18.2 Å². The lowest BCUT2D eigenvalue weighted by Crippen LogP contribution is -2.05. The summed E-state index contributed by atoms with van der Waals surface area (Å²) in [4.78, 5) is 4.50. The van der Waals surface area contributed by atoms with Crippen LogP contribution in [-0.4, -0.2) is 6.61 Å². The third-order valence-electron chi connectivity index (χ3n) is 2.43. The van der Waals surface area contributed by atoms with Crippen LogP contribution in [0, 0.1) is 11.7 Å². The largest absolute Gasteiger partial charge is 0.493 e. The van der Waals surface area contributed by atoms with Gasteiger partial charge in [0.1, 0.15) is 11.6 Å². The Morgan fingerprint density at radius 1 is 1.40 bits per heavy atom. The number of ether oxygens (including phenoxy) is 1.